The molecule has 29 heavy (non-hydrogen) atoms. The highest BCUT2D eigenvalue weighted by atomic mass is 32.2. The van der Waals surface area contributed by atoms with Gasteiger partial charge in [0.15, 0.2) is 16.6 Å². The first-order chi connectivity index (χ1) is 14.2. The Labute approximate surface area is 176 Å². The molecule has 0 bridgehead atoms. The Hall–Kier alpha value is -2.91. The minimum atomic E-state index is -0.308. The molecule has 4 rings (SSSR count). The quantitative estimate of drug-likeness (QED) is 0.457. The van der Waals surface area contributed by atoms with Gasteiger partial charge in [-0.2, -0.15) is 11.8 Å². The van der Waals surface area contributed by atoms with Crippen LogP contribution in [0.4, 0.5) is 9.93 Å². The molecular formula is C20H20N6OS2. The van der Waals surface area contributed by atoms with E-state index in [9.17, 15) is 4.79 Å². The summed E-state index contributed by atoms with van der Waals surface area (Å²) in [5.74, 6) is 1.61. The van der Waals surface area contributed by atoms with Gasteiger partial charge in [-0.1, -0.05) is 36.4 Å². The van der Waals surface area contributed by atoms with E-state index in [0.717, 1.165) is 29.1 Å². The average Bonchev–Trinajstić information content (AvgIpc) is 3.39. The predicted molar refractivity (Wildman–Crippen MR) is 118 cm³/mol. The summed E-state index contributed by atoms with van der Waals surface area (Å²) >= 11 is 3.12. The van der Waals surface area contributed by atoms with Crippen molar-refractivity contribution in [3.63, 3.8) is 0 Å². The number of aromatic nitrogens is 4. The van der Waals surface area contributed by atoms with Crippen LogP contribution in [-0.4, -0.2) is 37.6 Å². The maximum absolute atomic E-state index is 12.6. The number of thiazole rings is 1. The van der Waals surface area contributed by atoms with Gasteiger partial charge in [0.05, 0.1) is 11.7 Å². The molecule has 0 aliphatic carbocycles. The molecule has 1 aromatic carbocycles. The summed E-state index contributed by atoms with van der Waals surface area (Å²) in [6, 6.07) is 15.0. The number of amides is 2. The van der Waals surface area contributed by atoms with Crippen LogP contribution < -0.4 is 10.6 Å². The van der Waals surface area contributed by atoms with E-state index in [1.807, 2.05) is 70.8 Å². The third-order valence-corrected chi connectivity index (χ3v) is 5.76. The Balaban J connectivity index is 1.48. The van der Waals surface area contributed by atoms with Gasteiger partial charge in [0.2, 0.25) is 0 Å². The van der Waals surface area contributed by atoms with Gasteiger partial charge in [-0.15, -0.1) is 21.5 Å². The van der Waals surface area contributed by atoms with Crippen LogP contribution >= 0.6 is 23.1 Å². The van der Waals surface area contributed by atoms with Crippen molar-refractivity contribution in [1.29, 1.82) is 0 Å². The normalized spacial score (nSPS) is 12.0. The number of nitrogens with zero attached hydrogens (tertiary/aromatic N) is 4. The van der Waals surface area contributed by atoms with Crippen molar-refractivity contribution in [3.05, 3.63) is 65.9 Å². The van der Waals surface area contributed by atoms with E-state index in [-0.39, 0.29) is 12.1 Å². The van der Waals surface area contributed by atoms with Crippen molar-refractivity contribution in [2.75, 3.05) is 17.3 Å². The van der Waals surface area contributed by atoms with Crippen LogP contribution in [0.15, 0.2) is 60.1 Å². The molecule has 2 N–H and O–H groups in total. The number of anilines is 1. The lowest BCUT2D eigenvalue weighted by atomic mass is 10.2. The molecule has 0 radical (unpaired) electrons. The molecule has 0 fully saturated rings. The van der Waals surface area contributed by atoms with Crippen molar-refractivity contribution in [2.24, 2.45) is 0 Å². The summed E-state index contributed by atoms with van der Waals surface area (Å²) in [4.78, 5) is 17.2. The molecule has 3 heterocycles. The van der Waals surface area contributed by atoms with Gasteiger partial charge in [0.1, 0.15) is 0 Å². The molecule has 0 aliphatic rings. The van der Waals surface area contributed by atoms with Gasteiger partial charge >= 0.3 is 6.03 Å². The smallest absolute Gasteiger partial charge is 0.321 e. The van der Waals surface area contributed by atoms with E-state index in [1.54, 1.807) is 11.8 Å². The number of fused-ring (bicyclic) bond motifs is 1. The van der Waals surface area contributed by atoms with Crippen LogP contribution in [0.25, 0.3) is 16.9 Å². The summed E-state index contributed by atoms with van der Waals surface area (Å²) in [6.07, 6.45) is 4.69. The fourth-order valence-electron chi connectivity index (χ4n) is 2.96. The number of hydrogen-bond acceptors (Lipinski definition) is 6. The molecule has 9 heteroatoms. The molecule has 0 saturated carbocycles. The van der Waals surface area contributed by atoms with Crippen LogP contribution in [0.2, 0.25) is 0 Å². The number of nitrogens with one attached hydrogen (secondary N) is 2. The zero-order valence-corrected chi connectivity index (χ0v) is 17.4. The van der Waals surface area contributed by atoms with E-state index in [2.05, 4.69) is 25.8 Å². The van der Waals surface area contributed by atoms with Crippen molar-refractivity contribution < 1.29 is 4.79 Å². The molecule has 1 atom stereocenters. The summed E-state index contributed by atoms with van der Waals surface area (Å²) < 4.78 is 1.90. The first-order valence-corrected chi connectivity index (χ1v) is 11.4. The third kappa shape index (κ3) is 4.57. The molecule has 1 unspecified atom stereocenters. The van der Waals surface area contributed by atoms with E-state index >= 15 is 0 Å². The highest BCUT2D eigenvalue weighted by molar-refractivity contribution is 7.98. The highest BCUT2D eigenvalue weighted by Gasteiger charge is 2.20. The summed E-state index contributed by atoms with van der Waals surface area (Å²) in [7, 11) is 0. The number of benzene rings is 1. The van der Waals surface area contributed by atoms with E-state index in [4.69, 9.17) is 0 Å². The molecule has 4 aromatic rings. The van der Waals surface area contributed by atoms with Crippen LogP contribution in [0.5, 0.6) is 0 Å². The molecule has 3 aromatic heterocycles. The first-order valence-electron chi connectivity index (χ1n) is 9.11. The van der Waals surface area contributed by atoms with Crippen molar-refractivity contribution in [2.45, 2.75) is 12.5 Å². The summed E-state index contributed by atoms with van der Waals surface area (Å²) in [5.41, 5.74) is 2.62. The number of rotatable bonds is 7. The van der Waals surface area contributed by atoms with Crippen molar-refractivity contribution in [1.82, 2.24) is 24.9 Å². The molecule has 0 aliphatic heterocycles. The highest BCUT2D eigenvalue weighted by Crippen LogP contribution is 2.25. The van der Waals surface area contributed by atoms with Gasteiger partial charge < -0.3 is 5.32 Å². The van der Waals surface area contributed by atoms with Crippen LogP contribution in [0, 0.1) is 0 Å². The average molecular weight is 425 g/mol. The maximum atomic E-state index is 12.6. The molecular weight excluding hydrogens is 404 g/mol. The number of pyridine rings is 1. The number of hydrogen-bond donors (Lipinski definition) is 2. The van der Waals surface area contributed by atoms with Crippen LogP contribution in [0.3, 0.4) is 0 Å². The number of thioether (sulfide) groups is 1. The van der Waals surface area contributed by atoms with Gasteiger partial charge in [-0.3, -0.25) is 9.72 Å². The molecule has 7 nitrogen and oxygen atoms in total. The number of urea groups is 1. The minimum Gasteiger partial charge on any atom is -0.328 e. The van der Waals surface area contributed by atoms with Crippen LogP contribution in [0.1, 0.15) is 18.3 Å². The number of carbonyl (C=O) groups is 1. The topological polar surface area (TPSA) is 84.2 Å². The predicted octanol–water partition coefficient (Wildman–Crippen LogP) is 4.47. The molecule has 148 valence electrons. The first kappa shape index (κ1) is 19.4. The van der Waals surface area contributed by atoms with Crippen molar-refractivity contribution >= 4 is 39.9 Å². The number of carbonyl (C=O) groups excluding carboxylic acids is 1. The second-order valence-electron chi connectivity index (χ2n) is 6.32. The lowest BCUT2D eigenvalue weighted by Gasteiger charge is -2.17. The standard InChI is InChI=1S/C20H20N6OS2/c1-28-12-10-15(18-25-24-17-9-5-6-11-26(17)18)21-19(27)23-20-22-16(13-29-20)14-7-3-2-4-8-14/h2-9,11,13,15H,10,12H2,1H3,(H2,21,22,23,27). The lowest BCUT2D eigenvalue weighted by Crippen LogP contribution is -2.34. The summed E-state index contributed by atoms with van der Waals surface area (Å²) in [5, 5.41) is 16.9. The Morgan fingerprint density at radius 2 is 2.00 bits per heavy atom. The third-order valence-electron chi connectivity index (χ3n) is 4.36. The Morgan fingerprint density at radius 3 is 2.83 bits per heavy atom. The second kappa shape index (κ2) is 9.06. The van der Waals surface area contributed by atoms with Gasteiger partial charge in [0.25, 0.3) is 0 Å². The zero-order valence-electron chi connectivity index (χ0n) is 15.8. The fraction of sp³-hybridized carbons (Fsp3) is 0.200. The lowest BCUT2D eigenvalue weighted by molar-refractivity contribution is 0.247. The van der Waals surface area contributed by atoms with Gasteiger partial charge in [0, 0.05) is 17.1 Å². The molecule has 2 amide bonds. The van der Waals surface area contributed by atoms with E-state index < -0.39 is 0 Å². The Morgan fingerprint density at radius 1 is 1.17 bits per heavy atom. The molecule has 0 spiro atoms. The Kier molecular flexibility index (Phi) is 6.06. The fourth-order valence-corrected chi connectivity index (χ4v) is 4.15. The zero-order chi connectivity index (χ0) is 20.1. The van der Waals surface area contributed by atoms with Crippen LogP contribution in [-0.2, 0) is 0 Å². The minimum absolute atomic E-state index is 0.256. The molecule has 0 saturated heterocycles. The van der Waals surface area contributed by atoms with E-state index in [1.165, 1.54) is 11.3 Å². The van der Waals surface area contributed by atoms with Gasteiger partial charge in [-0.25, -0.2) is 9.78 Å². The second-order valence-corrected chi connectivity index (χ2v) is 8.17. The summed E-state index contributed by atoms with van der Waals surface area (Å²) in [6.45, 7) is 0. The largest absolute Gasteiger partial charge is 0.328 e. The SMILES string of the molecule is CSCCC(NC(=O)Nc1nc(-c2ccccc2)cs1)c1nnc2ccccn12. The van der Waals surface area contributed by atoms with E-state index in [0.29, 0.717) is 11.0 Å². The maximum Gasteiger partial charge on any atom is 0.321 e. The van der Waals surface area contributed by atoms with Crippen molar-refractivity contribution in [3.8, 4) is 11.3 Å². The van der Waals surface area contributed by atoms with Gasteiger partial charge in [-0.05, 0) is 30.6 Å². The Bertz CT molecular complexity index is 1090. The monoisotopic (exact) mass is 424 g/mol.